The molecular weight excluding hydrogens is 564 g/mol. The zero-order valence-corrected chi connectivity index (χ0v) is 24.9. The summed E-state index contributed by atoms with van der Waals surface area (Å²) in [7, 11) is 3.01. The largest absolute Gasteiger partial charge is 0.493 e. The third kappa shape index (κ3) is 5.00. The van der Waals surface area contributed by atoms with Gasteiger partial charge in [-0.25, -0.2) is 4.79 Å². The topological polar surface area (TPSA) is 121 Å². The molecule has 11 heteroatoms. The Kier molecular flexibility index (Phi) is 7.69. The zero-order chi connectivity index (χ0) is 31.0. The van der Waals surface area contributed by atoms with Crippen molar-refractivity contribution in [3.05, 3.63) is 65.1 Å². The number of aryl methyl sites for hydroxylation is 1. The summed E-state index contributed by atoms with van der Waals surface area (Å²) in [6.45, 7) is 4.43. The maximum Gasteiger partial charge on any atom is 0.419 e. The van der Waals surface area contributed by atoms with Crippen molar-refractivity contribution in [2.24, 2.45) is 0 Å². The minimum Gasteiger partial charge on any atom is -0.493 e. The minimum absolute atomic E-state index is 0.0810. The molecule has 44 heavy (non-hydrogen) atoms. The normalized spacial score (nSPS) is 12.1. The van der Waals surface area contributed by atoms with Crippen LogP contribution in [0, 0.1) is 0 Å². The lowest BCUT2D eigenvalue weighted by Crippen LogP contribution is -2.30. The molecule has 2 aromatic heterocycles. The van der Waals surface area contributed by atoms with Crippen molar-refractivity contribution in [2.75, 3.05) is 31.2 Å². The number of ether oxygens (including phenoxy) is 4. The number of benzene rings is 3. The quantitative estimate of drug-likeness (QED) is 0.210. The lowest BCUT2D eigenvalue weighted by molar-refractivity contribution is -0.116. The Labute approximate surface area is 252 Å². The second kappa shape index (κ2) is 11.8. The molecule has 0 saturated carbocycles. The van der Waals surface area contributed by atoms with Crippen molar-refractivity contribution in [2.45, 2.75) is 39.7 Å². The third-order valence-corrected chi connectivity index (χ3v) is 7.76. The smallest absolute Gasteiger partial charge is 0.419 e. The summed E-state index contributed by atoms with van der Waals surface area (Å²) >= 11 is 0. The number of hydrogen-bond acceptors (Lipinski definition) is 8. The number of unbranched alkanes of at least 4 members (excludes halogenated alkanes) is 1. The first-order valence-corrected chi connectivity index (χ1v) is 14.5. The predicted molar refractivity (Wildman–Crippen MR) is 168 cm³/mol. The number of para-hydroxylation sites is 2. The molecule has 0 aliphatic carbocycles. The molecule has 3 heterocycles. The lowest BCUT2D eigenvalue weighted by atomic mass is 10.0. The fourth-order valence-electron chi connectivity index (χ4n) is 5.49. The molecule has 11 nitrogen and oxygen atoms in total. The van der Waals surface area contributed by atoms with E-state index in [1.807, 2.05) is 19.9 Å². The van der Waals surface area contributed by atoms with Gasteiger partial charge in [-0.3, -0.25) is 19.5 Å². The van der Waals surface area contributed by atoms with E-state index in [1.54, 1.807) is 54.2 Å². The van der Waals surface area contributed by atoms with Gasteiger partial charge in [0.1, 0.15) is 0 Å². The number of nitrogens with one attached hydrogen (secondary N) is 1. The van der Waals surface area contributed by atoms with Gasteiger partial charge in [0, 0.05) is 48.4 Å². The van der Waals surface area contributed by atoms with Crippen LogP contribution in [0.25, 0.3) is 32.6 Å². The number of anilines is 2. The molecule has 3 aromatic carbocycles. The van der Waals surface area contributed by atoms with Gasteiger partial charge in [0.15, 0.2) is 23.0 Å². The number of carbonyl (C=O) groups is 2. The van der Waals surface area contributed by atoms with Crippen LogP contribution in [-0.2, 0) is 11.3 Å². The second-order valence-corrected chi connectivity index (χ2v) is 10.4. The van der Waals surface area contributed by atoms with Gasteiger partial charge in [0.25, 0.3) is 5.56 Å². The highest BCUT2D eigenvalue weighted by Crippen LogP contribution is 2.40. The first-order chi connectivity index (χ1) is 21.3. The highest BCUT2D eigenvalue weighted by Gasteiger charge is 2.23. The predicted octanol–water partition coefficient (Wildman–Crippen LogP) is 6.22. The van der Waals surface area contributed by atoms with E-state index in [-0.39, 0.29) is 29.8 Å². The highest BCUT2D eigenvalue weighted by atomic mass is 16.7. The van der Waals surface area contributed by atoms with Crippen molar-refractivity contribution in [3.63, 3.8) is 0 Å². The highest BCUT2D eigenvalue weighted by molar-refractivity contribution is 6.15. The average molecular weight is 597 g/mol. The minimum atomic E-state index is -0.724. The number of fused-ring (bicyclic) bond motifs is 6. The van der Waals surface area contributed by atoms with Gasteiger partial charge in [-0.05, 0) is 43.7 Å². The first-order valence-electron chi connectivity index (χ1n) is 14.5. The summed E-state index contributed by atoms with van der Waals surface area (Å²) in [5.41, 5.74) is 2.06. The molecule has 6 rings (SSSR count). The third-order valence-electron chi connectivity index (χ3n) is 7.76. The summed E-state index contributed by atoms with van der Waals surface area (Å²) in [5.74, 6) is 1.41. The van der Waals surface area contributed by atoms with Crippen LogP contribution in [0.2, 0.25) is 0 Å². The van der Waals surface area contributed by atoms with Gasteiger partial charge in [0.2, 0.25) is 12.7 Å². The Morgan fingerprint density at radius 3 is 2.50 bits per heavy atom. The van der Waals surface area contributed by atoms with E-state index in [0.29, 0.717) is 57.6 Å². The molecule has 0 saturated heterocycles. The van der Waals surface area contributed by atoms with Crippen molar-refractivity contribution in [1.82, 2.24) is 9.55 Å². The molecule has 226 valence electrons. The van der Waals surface area contributed by atoms with E-state index in [4.69, 9.17) is 18.9 Å². The molecule has 0 unspecified atom stereocenters. The monoisotopic (exact) mass is 596 g/mol. The molecule has 0 atom stereocenters. The molecule has 1 aliphatic heterocycles. The van der Waals surface area contributed by atoms with Crippen molar-refractivity contribution < 1.29 is 28.5 Å². The standard InChI is InChI=1S/C33H32N4O7/c1-5-7-12-30(38)35-23-10-8-9-11-25(23)36(3)33(40)44-29-14-20-19(13-26(29)41-4)22-17-34-24-16-28-27(42-18-43-28)15-21(24)31(22)37(6-2)32(20)39/h8-11,13-17H,5-7,12,18H2,1-4H3,(H,35,38). The lowest BCUT2D eigenvalue weighted by Gasteiger charge is -2.21. The molecule has 1 aliphatic rings. The molecule has 0 fully saturated rings. The molecule has 0 radical (unpaired) electrons. The van der Waals surface area contributed by atoms with Crippen molar-refractivity contribution >= 4 is 56.0 Å². The maximum atomic E-state index is 13.9. The van der Waals surface area contributed by atoms with E-state index in [1.165, 1.54) is 18.1 Å². The van der Waals surface area contributed by atoms with Crippen LogP contribution >= 0.6 is 0 Å². The summed E-state index contributed by atoms with van der Waals surface area (Å²) < 4.78 is 24.2. The Bertz CT molecular complexity index is 2000. The van der Waals surface area contributed by atoms with Crippen LogP contribution in [0.5, 0.6) is 23.0 Å². The van der Waals surface area contributed by atoms with E-state index < -0.39 is 6.09 Å². The van der Waals surface area contributed by atoms with Crippen LogP contribution in [0.3, 0.4) is 0 Å². The zero-order valence-electron chi connectivity index (χ0n) is 24.9. The summed E-state index contributed by atoms with van der Waals surface area (Å²) in [6, 6.07) is 13.8. The number of aromatic nitrogens is 2. The van der Waals surface area contributed by atoms with Gasteiger partial charge in [-0.2, -0.15) is 0 Å². The number of rotatable bonds is 8. The van der Waals surface area contributed by atoms with Crippen molar-refractivity contribution in [1.29, 1.82) is 0 Å². The summed E-state index contributed by atoms with van der Waals surface area (Å²) in [5, 5.41) is 5.31. The summed E-state index contributed by atoms with van der Waals surface area (Å²) in [6.07, 6.45) is 3.04. The molecule has 0 spiro atoms. The first kappa shape index (κ1) is 28.8. The Morgan fingerprint density at radius 1 is 1.00 bits per heavy atom. The SMILES string of the molecule is CCCCC(=O)Nc1ccccc1N(C)C(=O)Oc1cc2c(=O)n(CC)c3c4cc5c(cc4ncc3c2cc1OC)OCO5. The summed E-state index contributed by atoms with van der Waals surface area (Å²) in [4.78, 5) is 45.7. The van der Waals surface area contributed by atoms with E-state index in [9.17, 15) is 14.4 Å². The Balaban J connectivity index is 1.41. The van der Waals surface area contributed by atoms with Crippen LogP contribution < -0.4 is 34.7 Å². The van der Waals surface area contributed by atoms with Gasteiger partial charge in [-0.1, -0.05) is 25.5 Å². The average Bonchev–Trinajstić information content (AvgIpc) is 3.50. The van der Waals surface area contributed by atoms with E-state index in [0.717, 1.165) is 23.6 Å². The Hall–Kier alpha value is -5.32. The molecular formula is C33H32N4O7. The number of nitrogens with zero attached hydrogens (tertiary/aromatic N) is 3. The van der Waals surface area contributed by atoms with Crippen LogP contribution in [-0.4, -0.2) is 42.5 Å². The van der Waals surface area contributed by atoms with Gasteiger partial charge >= 0.3 is 6.09 Å². The van der Waals surface area contributed by atoms with Crippen LogP contribution in [0.15, 0.2) is 59.5 Å². The fourth-order valence-corrected chi connectivity index (χ4v) is 5.49. The van der Waals surface area contributed by atoms with E-state index in [2.05, 4.69) is 10.3 Å². The fraction of sp³-hybridized carbons (Fsp3) is 0.273. The number of carbonyl (C=O) groups excluding carboxylic acids is 2. The van der Waals surface area contributed by atoms with Gasteiger partial charge < -0.3 is 28.8 Å². The molecule has 5 aromatic rings. The molecule has 1 N–H and O–H groups in total. The van der Waals surface area contributed by atoms with Crippen LogP contribution in [0.4, 0.5) is 16.2 Å². The number of methoxy groups -OCH3 is 1. The van der Waals surface area contributed by atoms with Crippen LogP contribution in [0.1, 0.15) is 33.1 Å². The van der Waals surface area contributed by atoms with Crippen molar-refractivity contribution in [3.8, 4) is 23.0 Å². The number of pyridine rings is 2. The van der Waals surface area contributed by atoms with E-state index >= 15 is 0 Å². The van der Waals surface area contributed by atoms with Gasteiger partial charge in [-0.15, -0.1) is 0 Å². The number of amides is 2. The molecule has 2 amide bonds. The second-order valence-electron chi connectivity index (χ2n) is 10.4. The van der Waals surface area contributed by atoms with Gasteiger partial charge in [0.05, 0.1) is 34.9 Å². The number of hydrogen-bond donors (Lipinski definition) is 1. The molecule has 0 bridgehead atoms. The maximum absolute atomic E-state index is 13.9. The Morgan fingerprint density at radius 2 is 1.75 bits per heavy atom.